The molecule has 4 heteroatoms. The number of allylic oxidation sites excluding steroid dienone is 2. The van der Waals surface area contributed by atoms with Gasteiger partial charge in [0.05, 0.1) is 0 Å². The summed E-state index contributed by atoms with van der Waals surface area (Å²) in [7, 11) is 14.3. The minimum absolute atomic E-state index is 0.179. The summed E-state index contributed by atoms with van der Waals surface area (Å²) in [6.07, 6.45) is 4.71. The van der Waals surface area contributed by atoms with Crippen LogP contribution >= 0.6 is 17.0 Å². The molecule has 0 nitrogen and oxygen atoms in total. The van der Waals surface area contributed by atoms with Gasteiger partial charge in [-0.1, -0.05) is 0 Å². The van der Waals surface area contributed by atoms with Crippen molar-refractivity contribution in [3.63, 3.8) is 0 Å². The van der Waals surface area contributed by atoms with Crippen LogP contribution in [-0.2, 0) is 13.9 Å². The van der Waals surface area contributed by atoms with E-state index in [0.29, 0.717) is 0 Å². The van der Waals surface area contributed by atoms with Crippen LogP contribution in [0.3, 0.4) is 0 Å². The van der Waals surface area contributed by atoms with Gasteiger partial charge >= 0.3 is 204 Å². The van der Waals surface area contributed by atoms with Crippen LogP contribution in [0, 0.1) is 0 Å². The summed E-state index contributed by atoms with van der Waals surface area (Å²) in [6, 6.07) is 26.2. The molecule has 0 aromatic heterocycles. The van der Waals surface area contributed by atoms with Crippen molar-refractivity contribution in [2.45, 2.75) is 32.6 Å². The Morgan fingerprint density at radius 2 is 1.28 bits per heavy atom. The fourth-order valence-electron chi connectivity index (χ4n) is 6.20. The van der Waals surface area contributed by atoms with E-state index in [0.717, 1.165) is 0 Å². The molecule has 0 fully saturated rings. The molecule has 2 aliphatic carbocycles. The van der Waals surface area contributed by atoms with Crippen molar-refractivity contribution in [1.82, 2.24) is 0 Å². The first-order valence-corrected chi connectivity index (χ1v) is 34.0. The number of hydrogen-bond acceptors (Lipinski definition) is 0. The van der Waals surface area contributed by atoms with Crippen molar-refractivity contribution in [2.75, 3.05) is 0 Å². The van der Waals surface area contributed by atoms with Crippen LogP contribution in [0.15, 0.2) is 83.9 Å². The second-order valence-corrected chi connectivity index (χ2v) is 73.9. The topological polar surface area (TPSA) is 0 Å². The Hall–Kier alpha value is -0.854. The third-order valence-electron chi connectivity index (χ3n) is 7.71. The molecule has 2 atom stereocenters. The van der Waals surface area contributed by atoms with Gasteiger partial charge in [0.25, 0.3) is 0 Å². The van der Waals surface area contributed by atoms with E-state index in [1.807, 2.05) is 0 Å². The normalized spacial score (nSPS) is 20.9. The van der Waals surface area contributed by atoms with Crippen molar-refractivity contribution in [1.29, 1.82) is 0 Å². The van der Waals surface area contributed by atoms with Gasteiger partial charge in [-0.15, -0.1) is 0 Å². The molecule has 0 amide bonds. The number of halogens is 2. The van der Waals surface area contributed by atoms with E-state index < -0.39 is 24.4 Å². The van der Waals surface area contributed by atoms with Crippen molar-refractivity contribution in [3.05, 3.63) is 106 Å². The quantitative estimate of drug-likeness (QED) is 0.263. The first kappa shape index (κ1) is 22.9. The average Bonchev–Trinajstić information content (AvgIpc) is 3.30. The molecule has 0 aliphatic heterocycles. The summed E-state index contributed by atoms with van der Waals surface area (Å²) < 4.78 is 0.383. The van der Waals surface area contributed by atoms with Crippen LogP contribution in [0.4, 0.5) is 0 Å². The van der Waals surface area contributed by atoms with Crippen molar-refractivity contribution < 1.29 is 13.9 Å². The Bertz CT molecular complexity index is 1270. The molecule has 0 heterocycles. The fourth-order valence-corrected chi connectivity index (χ4v) is 53.6. The van der Waals surface area contributed by atoms with E-state index >= 15 is 0 Å². The Morgan fingerprint density at radius 3 is 2.00 bits per heavy atom. The summed E-state index contributed by atoms with van der Waals surface area (Å²) in [5.41, 5.74) is 10.6. The Balaban J connectivity index is 1.75. The summed E-state index contributed by atoms with van der Waals surface area (Å²) in [5.74, 6) is 4.89. The van der Waals surface area contributed by atoms with Gasteiger partial charge in [-0.3, -0.25) is 0 Å². The molecule has 0 spiro atoms. The van der Waals surface area contributed by atoms with Crippen LogP contribution in [0.2, 0.25) is 11.5 Å². The molecule has 32 heavy (non-hydrogen) atoms. The molecular formula is C28H29Cl2GeZr. The van der Waals surface area contributed by atoms with Crippen LogP contribution < -0.4 is 0 Å². The Labute approximate surface area is 201 Å². The van der Waals surface area contributed by atoms with Gasteiger partial charge in [-0.05, 0) is 0 Å². The van der Waals surface area contributed by atoms with E-state index in [4.69, 9.17) is 17.0 Å². The number of hydrogen-bond donors (Lipinski definition) is 0. The maximum atomic E-state index is 8.16. The van der Waals surface area contributed by atoms with Crippen molar-refractivity contribution in [2.24, 2.45) is 0 Å². The van der Waals surface area contributed by atoms with E-state index in [1.54, 1.807) is 0 Å². The van der Waals surface area contributed by atoms with Gasteiger partial charge in [0.2, 0.25) is 0 Å². The minimum atomic E-state index is -4.42. The summed E-state index contributed by atoms with van der Waals surface area (Å²) >= 11 is -4.42. The molecule has 3 aromatic rings. The number of benzene rings is 3. The molecule has 0 radical (unpaired) electrons. The molecule has 0 saturated heterocycles. The van der Waals surface area contributed by atoms with Crippen LogP contribution in [0.5, 0.6) is 0 Å². The summed E-state index contributed by atoms with van der Waals surface area (Å²) in [5, 5.41) is 0. The Morgan fingerprint density at radius 1 is 0.688 bits per heavy atom. The van der Waals surface area contributed by atoms with Crippen LogP contribution in [-0.4, -0.2) is 10.6 Å². The van der Waals surface area contributed by atoms with Gasteiger partial charge in [-0.2, -0.15) is 0 Å². The van der Waals surface area contributed by atoms with E-state index in [-0.39, 0.29) is 7.25 Å². The van der Waals surface area contributed by atoms with Crippen molar-refractivity contribution in [3.8, 4) is 11.1 Å². The zero-order valence-electron chi connectivity index (χ0n) is 19.1. The second-order valence-electron chi connectivity index (χ2n) is 9.83. The van der Waals surface area contributed by atoms with Gasteiger partial charge in [-0.25, -0.2) is 0 Å². The molecule has 3 aromatic carbocycles. The molecule has 163 valence electrons. The standard InChI is InChI=1S/C16H13.C10H9.C2H7Ge.2ClH.Zr/c1-12-10-14-8-5-9-15(16(14)11-12)13-6-3-2-4-7-13;1-8-6-9-4-2-3-5-10(9)7-8;1-3-2;;;/h2-11H,1H3;2-7H,1H3;3H,1-2H3;2*1H;/q;;;;;+2/p-2. The van der Waals surface area contributed by atoms with Gasteiger partial charge in [0, 0.05) is 0 Å². The zero-order chi connectivity index (χ0) is 22.7. The molecule has 0 N–H and O–H groups in total. The van der Waals surface area contributed by atoms with E-state index in [2.05, 4.69) is 110 Å². The van der Waals surface area contributed by atoms with Gasteiger partial charge < -0.3 is 0 Å². The molecule has 0 saturated carbocycles. The fraction of sp³-hybridized carbons (Fsp3) is 0.214. The molecule has 5 rings (SSSR count). The predicted octanol–water partition coefficient (Wildman–Crippen LogP) is 8.95. The van der Waals surface area contributed by atoms with Crippen LogP contribution in [0.1, 0.15) is 43.4 Å². The molecule has 2 aliphatic rings. The number of rotatable bonds is 4. The first-order chi connectivity index (χ1) is 15.2. The second kappa shape index (κ2) is 8.12. The molecule has 0 bridgehead atoms. The monoisotopic (exact) mass is 599 g/mol. The first-order valence-electron chi connectivity index (χ1n) is 11.4. The van der Waals surface area contributed by atoms with E-state index in [1.165, 1.54) is 44.5 Å². The van der Waals surface area contributed by atoms with Gasteiger partial charge in [0.1, 0.15) is 0 Å². The third kappa shape index (κ3) is 3.26. The average molecular weight is 600 g/mol. The number of fused-ring (bicyclic) bond motifs is 2. The molecule has 2 unspecified atom stereocenters. The van der Waals surface area contributed by atoms with E-state index in [9.17, 15) is 0 Å². The SMILES string of the molecule is CC1=Cc2ccccc2[CH]1[Zr]([Cl])([Cl])([CH]1C(C)=Cc2c(-c3ccccc3)cccc21)[GeH]([CH3])[CH3]. The van der Waals surface area contributed by atoms with Crippen molar-refractivity contribution >= 4 is 39.7 Å². The summed E-state index contributed by atoms with van der Waals surface area (Å²) in [6.45, 7) is 4.52. The third-order valence-corrected chi connectivity index (χ3v) is 90.0. The zero-order valence-corrected chi connectivity index (χ0v) is 25.5. The van der Waals surface area contributed by atoms with Gasteiger partial charge in [0.15, 0.2) is 0 Å². The maximum absolute atomic E-state index is 8.16. The summed E-state index contributed by atoms with van der Waals surface area (Å²) in [4.78, 5) is 0. The van der Waals surface area contributed by atoms with Crippen LogP contribution in [0.25, 0.3) is 23.3 Å². The predicted molar refractivity (Wildman–Crippen MR) is 142 cm³/mol. The Kier molecular flexibility index (Phi) is 5.82. The molecular weight excluding hydrogens is 571 g/mol.